The summed E-state index contributed by atoms with van der Waals surface area (Å²) in [5, 5.41) is 18.4. The normalized spacial score (nSPS) is 29.2. The molecule has 0 bridgehead atoms. The van der Waals surface area contributed by atoms with Gasteiger partial charge in [0.2, 0.25) is 0 Å². The second kappa shape index (κ2) is 8.18. The van der Waals surface area contributed by atoms with Crippen LogP contribution in [-0.4, -0.2) is 62.6 Å². The second-order valence-electron chi connectivity index (χ2n) is 10.4. The van der Waals surface area contributed by atoms with E-state index in [1.807, 2.05) is 31.3 Å². The molecule has 6 rings (SSSR count). The lowest BCUT2D eigenvalue weighted by Gasteiger charge is -2.72. The summed E-state index contributed by atoms with van der Waals surface area (Å²) in [7, 11) is 2.19. The molecule has 4 atom stereocenters. The summed E-state index contributed by atoms with van der Waals surface area (Å²) in [6, 6.07) is 5.69. The van der Waals surface area contributed by atoms with Gasteiger partial charge in [0.1, 0.15) is 30.3 Å². The largest absolute Gasteiger partial charge is 0.489 e. The lowest BCUT2D eigenvalue weighted by Crippen LogP contribution is -2.76. The van der Waals surface area contributed by atoms with Crippen LogP contribution >= 0.6 is 11.6 Å². The molecule has 3 heterocycles. The van der Waals surface area contributed by atoms with Gasteiger partial charge in [0.15, 0.2) is 0 Å². The minimum Gasteiger partial charge on any atom is -0.489 e. The van der Waals surface area contributed by atoms with E-state index in [4.69, 9.17) is 21.3 Å². The average molecular weight is 495 g/mol. The Morgan fingerprint density at radius 2 is 2.06 bits per heavy atom. The minimum atomic E-state index is 0.0241. The van der Waals surface area contributed by atoms with E-state index in [2.05, 4.69) is 34.3 Å². The quantitative estimate of drug-likeness (QED) is 0.513. The van der Waals surface area contributed by atoms with Crippen LogP contribution in [0.15, 0.2) is 37.1 Å². The number of hydrogen-bond acceptors (Lipinski definition) is 7. The molecule has 3 aliphatic rings. The molecule has 2 aromatic heterocycles. The van der Waals surface area contributed by atoms with Crippen LogP contribution in [-0.2, 0) is 6.42 Å². The molecule has 2 N–H and O–H groups in total. The van der Waals surface area contributed by atoms with Crippen LogP contribution in [0.25, 0.3) is 5.69 Å². The maximum atomic E-state index is 10.3. The van der Waals surface area contributed by atoms with Crippen molar-refractivity contribution in [3.8, 4) is 11.4 Å². The summed E-state index contributed by atoms with van der Waals surface area (Å²) in [5.74, 6) is 1.77. The van der Waals surface area contributed by atoms with Gasteiger partial charge >= 0.3 is 0 Å². The zero-order valence-electron chi connectivity index (χ0n) is 20.3. The number of aliphatic hydroxyl groups excluding tert-OH is 1. The van der Waals surface area contributed by atoms with Crippen molar-refractivity contribution in [2.45, 2.75) is 39.2 Å². The van der Waals surface area contributed by atoms with E-state index in [1.165, 1.54) is 19.2 Å². The monoisotopic (exact) mass is 494 g/mol. The predicted molar refractivity (Wildman–Crippen MR) is 135 cm³/mol. The van der Waals surface area contributed by atoms with E-state index in [-0.39, 0.29) is 29.5 Å². The highest BCUT2D eigenvalue weighted by atomic mass is 35.5. The van der Waals surface area contributed by atoms with Gasteiger partial charge in [-0.05, 0) is 51.4 Å². The third-order valence-electron chi connectivity index (χ3n) is 8.78. The molecular formula is C26H31ClN6O2. The fourth-order valence-corrected chi connectivity index (χ4v) is 7.25. The number of aryl methyl sites for hydroxylation is 1. The van der Waals surface area contributed by atoms with Gasteiger partial charge in [-0.2, -0.15) is 5.10 Å². The van der Waals surface area contributed by atoms with E-state index in [9.17, 15) is 5.11 Å². The molecule has 184 valence electrons. The maximum Gasteiger partial charge on any atom is 0.138 e. The van der Waals surface area contributed by atoms with E-state index in [0.29, 0.717) is 10.8 Å². The molecule has 2 aliphatic carbocycles. The minimum absolute atomic E-state index is 0.0241. The molecule has 3 aromatic rings. The Balaban J connectivity index is 1.29. The topological polar surface area (TPSA) is 88.3 Å². The molecule has 0 spiro atoms. The first-order valence-corrected chi connectivity index (χ1v) is 12.7. The number of nitrogens with one attached hydrogen (secondary N) is 1. The average Bonchev–Trinajstić information content (AvgIpc) is 3.42. The summed E-state index contributed by atoms with van der Waals surface area (Å²) in [4.78, 5) is 11.1. The Labute approximate surface area is 210 Å². The van der Waals surface area contributed by atoms with E-state index in [1.54, 1.807) is 11.0 Å². The van der Waals surface area contributed by atoms with Crippen molar-refractivity contribution < 1.29 is 9.84 Å². The Bertz CT molecular complexity index is 1270. The summed E-state index contributed by atoms with van der Waals surface area (Å²) in [5.41, 5.74) is 4.00. The number of halogens is 1. The Morgan fingerprint density at radius 3 is 2.71 bits per heavy atom. The number of rotatable bonds is 7. The second-order valence-corrected chi connectivity index (χ2v) is 10.8. The SMILES string of the molecule is CCc1cnc(Nc2ccc(-n3cncn3)cc2Cl)c(C)c1OC1C(CO)C23CCC12CN(C)C3. The Kier molecular flexibility index (Phi) is 5.32. The number of aromatic nitrogens is 4. The van der Waals surface area contributed by atoms with Crippen molar-refractivity contribution in [1.82, 2.24) is 24.6 Å². The zero-order valence-corrected chi connectivity index (χ0v) is 21.1. The lowest BCUT2D eigenvalue weighted by atomic mass is 9.33. The molecular weight excluding hydrogens is 464 g/mol. The summed E-state index contributed by atoms with van der Waals surface area (Å²) in [6.07, 6.45) is 8.22. The first-order chi connectivity index (χ1) is 16.9. The van der Waals surface area contributed by atoms with Crippen LogP contribution in [0.4, 0.5) is 11.5 Å². The third kappa shape index (κ3) is 3.16. The van der Waals surface area contributed by atoms with Crippen molar-refractivity contribution >= 4 is 23.1 Å². The summed E-state index contributed by atoms with van der Waals surface area (Å²) >= 11 is 6.60. The van der Waals surface area contributed by atoms with Gasteiger partial charge in [0, 0.05) is 47.2 Å². The van der Waals surface area contributed by atoms with Crippen LogP contribution in [0.5, 0.6) is 5.75 Å². The van der Waals surface area contributed by atoms with Crippen LogP contribution in [0.2, 0.25) is 5.02 Å². The number of hydrogen-bond donors (Lipinski definition) is 2. The molecule has 8 nitrogen and oxygen atoms in total. The zero-order chi connectivity index (χ0) is 24.4. The van der Waals surface area contributed by atoms with Crippen molar-refractivity contribution in [3.05, 3.63) is 53.2 Å². The van der Waals surface area contributed by atoms with Crippen molar-refractivity contribution in [1.29, 1.82) is 0 Å². The highest BCUT2D eigenvalue weighted by Gasteiger charge is 2.80. The standard InChI is InChI=1S/C26H31ClN6O2/c1-4-17-10-29-24(31-21-6-5-18(9-20(21)27)33-15-28-14-30-33)16(2)22(17)35-23-19(11-34)25-7-8-26(23,25)13-32(3)12-25/h5-6,9-10,14-15,19,23,34H,4,7-8,11-13H2,1-3H3,(H,29,31). The lowest BCUT2D eigenvalue weighted by molar-refractivity contribution is -0.281. The number of likely N-dealkylation sites (tertiary alicyclic amines) is 1. The highest BCUT2D eigenvalue weighted by Crippen LogP contribution is 2.76. The number of aliphatic hydroxyl groups is 1. The molecule has 35 heavy (non-hydrogen) atoms. The highest BCUT2D eigenvalue weighted by molar-refractivity contribution is 6.33. The van der Waals surface area contributed by atoms with E-state index < -0.39 is 0 Å². The van der Waals surface area contributed by atoms with Gasteiger partial charge < -0.3 is 20.1 Å². The molecule has 1 aromatic carbocycles. The first kappa shape index (κ1) is 22.8. The third-order valence-corrected chi connectivity index (χ3v) is 9.09. The first-order valence-electron chi connectivity index (χ1n) is 12.3. The molecule has 2 saturated carbocycles. The fourth-order valence-electron chi connectivity index (χ4n) is 7.02. The van der Waals surface area contributed by atoms with Gasteiger partial charge in [-0.3, -0.25) is 0 Å². The van der Waals surface area contributed by atoms with Crippen LogP contribution in [0.3, 0.4) is 0 Å². The molecule has 4 unspecified atom stereocenters. The molecule has 3 fully saturated rings. The summed E-state index contributed by atoms with van der Waals surface area (Å²) in [6.45, 7) is 6.43. The summed E-state index contributed by atoms with van der Waals surface area (Å²) < 4.78 is 8.51. The van der Waals surface area contributed by atoms with Gasteiger partial charge in [-0.25, -0.2) is 14.6 Å². The number of benzene rings is 1. The molecule has 9 heteroatoms. The van der Waals surface area contributed by atoms with Crippen LogP contribution < -0.4 is 10.1 Å². The Morgan fingerprint density at radius 1 is 1.26 bits per heavy atom. The smallest absolute Gasteiger partial charge is 0.138 e. The molecule has 0 amide bonds. The maximum absolute atomic E-state index is 10.3. The predicted octanol–water partition coefficient (Wildman–Crippen LogP) is 4.01. The van der Waals surface area contributed by atoms with Crippen molar-refractivity contribution in [2.24, 2.45) is 16.7 Å². The molecule has 1 aliphatic heterocycles. The van der Waals surface area contributed by atoms with E-state index >= 15 is 0 Å². The Hall–Kier alpha value is -2.68. The van der Waals surface area contributed by atoms with Gasteiger partial charge in [0.05, 0.1) is 23.0 Å². The van der Waals surface area contributed by atoms with Gasteiger partial charge in [0.25, 0.3) is 0 Å². The van der Waals surface area contributed by atoms with Gasteiger partial charge in [-0.15, -0.1) is 0 Å². The van der Waals surface area contributed by atoms with E-state index in [0.717, 1.165) is 47.8 Å². The van der Waals surface area contributed by atoms with Crippen molar-refractivity contribution in [2.75, 3.05) is 32.1 Å². The van der Waals surface area contributed by atoms with Gasteiger partial charge in [-0.1, -0.05) is 18.5 Å². The van der Waals surface area contributed by atoms with Crippen LogP contribution in [0, 0.1) is 23.7 Å². The fraction of sp³-hybridized carbons (Fsp3) is 0.500. The molecule has 1 saturated heterocycles. The number of pyridine rings is 1. The number of anilines is 2. The molecule has 0 radical (unpaired) electrons. The number of ether oxygens (including phenoxy) is 1. The van der Waals surface area contributed by atoms with Crippen LogP contribution in [0.1, 0.15) is 30.9 Å². The number of nitrogens with zero attached hydrogens (tertiary/aromatic N) is 5. The van der Waals surface area contributed by atoms with Crippen molar-refractivity contribution in [3.63, 3.8) is 0 Å².